The van der Waals surface area contributed by atoms with E-state index < -0.39 is 55.5 Å². The molecule has 0 radical (unpaired) electrons. The number of H-pyrrole nitrogens is 1. The Morgan fingerprint density at radius 1 is 1.42 bits per heavy atom. The van der Waals surface area contributed by atoms with Crippen LogP contribution in [-0.4, -0.2) is 50.7 Å². The Labute approximate surface area is 175 Å². The van der Waals surface area contributed by atoms with Crippen LogP contribution >= 0.6 is 7.82 Å². The first kappa shape index (κ1) is 19.0. The van der Waals surface area contributed by atoms with Crippen molar-refractivity contribution in [3.05, 3.63) is 62.4 Å². The Bertz CT molecular complexity index is 1270. The zero-order valence-electron chi connectivity index (χ0n) is 17.3. The second-order valence-electron chi connectivity index (χ2n) is 6.57. The number of rotatable bonds is 5. The summed E-state index contributed by atoms with van der Waals surface area (Å²) in [5.41, 5.74) is -2.47. The van der Waals surface area contributed by atoms with Gasteiger partial charge in [0.1, 0.15) is 24.5 Å². The molecule has 1 saturated heterocycles. The number of ether oxygens (including phenoxy) is 1. The van der Waals surface area contributed by atoms with Crippen LogP contribution < -0.4 is 15.8 Å². The number of aromatic amines is 1. The summed E-state index contributed by atoms with van der Waals surface area (Å²) in [6.07, 6.45) is -6.38. The number of hydrogen-bond acceptors (Lipinski definition) is 10. The first-order valence-corrected chi connectivity index (χ1v) is 10.1. The second kappa shape index (κ2) is 7.79. The molecule has 2 aliphatic heterocycles. The third-order valence-corrected chi connectivity index (χ3v) is 5.72. The van der Waals surface area contributed by atoms with Crippen molar-refractivity contribution in [1.82, 2.24) is 9.55 Å². The third kappa shape index (κ3) is 3.87. The van der Waals surface area contributed by atoms with E-state index >= 15 is 4.39 Å². The summed E-state index contributed by atoms with van der Waals surface area (Å²) in [4.78, 5) is 36.3. The molecule has 3 heterocycles. The number of phosphoric ester groups is 1. The van der Waals surface area contributed by atoms with Crippen LogP contribution in [0.25, 0.3) is 0 Å². The Morgan fingerprint density at radius 3 is 2.90 bits per heavy atom. The van der Waals surface area contributed by atoms with Crippen molar-refractivity contribution in [2.75, 3.05) is 6.56 Å². The van der Waals surface area contributed by atoms with Crippen LogP contribution in [0.5, 0.6) is 5.75 Å². The summed E-state index contributed by atoms with van der Waals surface area (Å²) in [6, 6.07) is 6.13. The highest BCUT2D eigenvalue weighted by atomic mass is 31.2. The average molecular weight is 460 g/mol. The lowest BCUT2D eigenvalue weighted by Crippen LogP contribution is -2.43. The van der Waals surface area contributed by atoms with Crippen molar-refractivity contribution in [3.63, 3.8) is 0 Å². The lowest BCUT2D eigenvalue weighted by molar-refractivity contribution is -0.205. The van der Waals surface area contributed by atoms with Crippen molar-refractivity contribution in [1.29, 1.82) is 0 Å². The van der Waals surface area contributed by atoms with E-state index in [1.54, 1.807) is 17.1 Å². The van der Waals surface area contributed by atoms with Gasteiger partial charge in [-0.25, -0.2) is 13.8 Å². The Hall–Kier alpha value is -2.67. The van der Waals surface area contributed by atoms with Crippen molar-refractivity contribution in [2.45, 2.75) is 30.9 Å². The summed E-state index contributed by atoms with van der Waals surface area (Å²) in [5, 5.41) is 20.5. The molecule has 166 valence electrons. The van der Waals surface area contributed by atoms with Gasteiger partial charge >= 0.3 is 13.5 Å². The zero-order chi connectivity index (χ0) is 24.2. The van der Waals surface area contributed by atoms with E-state index in [2.05, 4.69) is 4.52 Å². The standard InChI is InChI=1S/C17H16FN2O10P/c18-17(8-28-31(26)27-7-9-3-1-2-4-11(9)30-31)13(23)12(22)15(29-17)20-5-10(6-21)14(24)19-16(20)25/h1-6,12-13,15,22-23H,7-8H2,(H,19,24,25)/t12-,13+,15-,17-,31?/m1/s1/i8D2. The molecule has 5 atom stereocenters. The van der Waals surface area contributed by atoms with E-state index in [-0.39, 0.29) is 18.6 Å². The zero-order valence-corrected chi connectivity index (χ0v) is 16.2. The molecule has 0 bridgehead atoms. The number of aldehydes is 1. The molecule has 2 aliphatic rings. The molecule has 0 aliphatic carbocycles. The van der Waals surface area contributed by atoms with Crippen molar-refractivity contribution in [2.24, 2.45) is 0 Å². The van der Waals surface area contributed by atoms with Gasteiger partial charge in [0.2, 0.25) is 0 Å². The van der Waals surface area contributed by atoms with Crippen LogP contribution in [0.3, 0.4) is 0 Å². The molecule has 1 aromatic heterocycles. The van der Waals surface area contributed by atoms with Crippen molar-refractivity contribution < 1.29 is 45.0 Å². The fraction of sp³-hybridized carbons (Fsp3) is 0.353. The lowest BCUT2D eigenvalue weighted by Gasteiger charge is -2.28. The molecule has 12 nitrogen and oxygen atoms in total. The molecule has 3 N–H and O–H groups in total. The van der Waals surface area contributed by atoms with Crippen LogP contribution in [-0.2, 0) is 25.0 Å². The molecule has 0 spiro atoms. The van der Waals surface area contributed by atoms with Gasteiger partial charge in [-0.15, -0.1) is 0 Å². The SMILES string of the molecule is [2H]C([2H])(OP1(=O)OCc2ccccc2O1)[C@@]1(F)O[C@@H](n2cc(C=O)c(=O)[nH]c2=O)[C@H](O)[C@@H]1O. The predicted octanol–water partition coefficient (Wildman–Crippen LogP) is -0.000600. The van der Waals surface area contributed by atoms with Crippen LogP contribution in [0.1, 0.15) is 24.9 Å². The Morgan fingerprint density at radius 2 is 2.16 bits per heavy atom. The number of nitrogens with one attached hydrogen (secondary N) is 1. The van der Waals surface area contributed by atoms with Gasteiger partial charge in [0, 0.05) is 11.8 Å². The van der Waals surface area contributed by atoms with Crippen LogP contribution in [0.4, 0.5) is 4.39 Å². The van der Waals surface area contributed by atoms with E-state index in [0.29, 0.717) is 16.3 Å². The minimum atomic E-state index is -4.78. The number of phosphoric acid groups is 1. The number of carbonyl (C=O) groups excluding carboxylic acids is 1. The van der Waals surface area contributed by atoms with Gasteiger partial charge < -0.3 is 19.5 Å². The maximum atomic E-state index is 15.7. The van der Waals surface area contributed by atoms with Gasteiger partial charge in [-0.1, -0.05) is 18.2 Å². The number of aliphatic hydroxyl groups excluding tert-OH is 2. The summed E-state index contributed by atoms with van der Waals surface area (Å²) < 4.78 is 64.3. The minimum absolute atomic E-state index is 0.0303. The first-order valence-electron chi connectivity index (χ1n) is 9.67. The van der Waals surface area contributed by atoms with E-state index in [9.17, 15) is 29.2 Å². The van der Waals surface area contributed by atoms with Crippen molar-refractivity contribution >= 4 is 14.1 Å². The fourth-order valence-corrected chi connectivity index (χ4v) is 4.04. The summed E-state index contributed by atoms with van der Waals surface area (Å²) >= 11 is 0. The number of aromatic nitrogens is 2. The van der Waals surface area contributed by atoms with Crippen LogP contribution in [0.15, 0.2) is 40.1 Å². The molecular weight excluding hydrogens is 442 g/mol. The molecule has 14 heteroatoms. The molecule has 0 amide bonds. The van der Waals surface area contributed by atoms with Gasteiger partial charge in [-0.05, 0) is 6.07 Å². The summed E-state index contributed by atoms with van der Waals surface area (Å²) in [5.74, 6) is -3.88. The molecule has 0 saturated carbocycles. The predicted molar refractivity (Wildman–Crippen MR) is 98.1 cm³/mol. The van der Waals surface area contributed by atoms with Gasteiger partial charge in [-0.2, -0.15) is 0 Å². The quantitative estimate of drug-likeness (QED) is 0.408. The third-order valence-electron chi connectivity index (χ3n) is 4.54. The largest absolute Gasteiger partial charge is 0.530 e. The van der Waals surface area contributed by atoms with Crippen LogP contribution in [0, 0.1) is 0 Å². The van der Waals surface area contributed by atoms with Gasteiger partial charge in [0.05, 0.1) is 14.9 Å². The topological polar surface area (TPSA) is 166 Å². The van der Waals surface area contributed by atoms with Gasteiger partial charge in [0.15, 0.2) is 12.5 Å². The molecule has 2 aromatic rings. The molecule has 31 heavy (non-hydrogen) atoms. The smallest absolute Gasteiger partial charge is 0.404 e. The molecular formula is C17H16FN2O10P. The Balaban J connectivity index is 1.64. The van der Waals surface area contributed by atoms with E-state index in [0.717, 1.165) is 0 Å². The lowest BCUT2D eigenvalue weighted by atomic mass is 10.1. The number of aliphatic hydroxyl groups is 2. The number of hydrogen-bond donors (Lipinski definition) is 3. The van der Waals surface area contributed by atoms with E-state index in [1.807, 2.05) is 0 Å². The maximum Gasteiger partial charge on any atom is 0.530 e. The van der Waals surface area contributed by atoms with Crippen LogP contribution in [0.2, 0.25) is 0 Å². The highest BCUT2D eigenvalue weighted by Crippen LogP contribution is 2.55. The fourth-order valence-electron chi connectivity index (χ4n) is 2.94. The summed E-state index contributed by atoms with van der Waals surface area (Å²) in [6.45, 7) is -4.08. The second-order valence-corrected chi connectivity index (χ2v) is 8.09. The van der Waals surface area contributed by atoms with Gasteiger partial charge in [0.25, 0.3) is 11.4 Å². The molecule has 1 fully saturated rings. The number of halogens is 1. The summed E-state index contributed by atoms with van der Waals surface area (Å²) in [7, 11) is -4.78. The number of carbonyl (C=O) groups is 1. The normalized spacial score (nSPS) is 33.7. The van der Waals surface area contributed by atoms with Gasteiger partial charge in [-0.3, -0.25) is 28.2 Å². The molecule has 1 aromatic carbocycles. The minimum Gasteiger partial charge on any atom is -0.404 e. The number of fused-ring (bicyclic) bond motifs is 1. The number of alkyl halides is 1. The number of para-hydroxylation sites is 1. The highest BCUT2D eigenvalue weighted by molar-refractivity contribution is 7.49. The average Bonchev–Trinajstić information content (AvgIpc) is 2.98. The first-order chi connectivity index (χ1) is 15.4. The van der Waals surface area contributed by atoms with Crippen molar-refractivity contribution in [3.8, 4) is 5.75 Å². The number of nitrogens with zero attached hydrogens (tertiary/aromatic N) is 1. The monoisotopic (exact) mass is 460 g/mol. The molecule has 4 rings (SSSR count). The molecule has 1 unspecified atom stereocenters. The number of benzene rings is 1. The maximum absolute atomic E-state index is 15.7. The highest BCUT2D eigenvalue weighted by Gasteiger charge is 2.57. The van der Waals surface area contributed by atoms with E-state index in [4.69, 9.17) is 16.5 Å². The Kier molecular flexibility index (Phi) is 4.78. The van der Waals surface area contributed by atoms with E-state index in [1.165, 1.54) is 12.1 Å².